The zero-order valence-electron chi connectivity index (χ0n) is 23.1. The monoisotopic (exact) mass is 560 g/mol. The molecule has 208 valence electrons. The smallest absolute Gasteiger partial charge is 0.264 e. The van der Waals surface area contributed by atoms with E-state index in [1.54, 1.807) is 42.6 Å². The largest absolute Gasteiger partial charge is 0.497 e. The van der Waals surface area contributed by atoms with Crippen LogP contribution in [0.15, 0.2) is 88.9 Å². The molecule has 1 amide bonds. The molecule has 0 aliphatic heterocycles. The van der Waals surface area contributed by atoms with Gasteiger partial charge in [0.25, 0.3) is 15.9 Å². The van der Waals surface area contributed by atoms with Crippen LogP contribution in [0.2, 0.25) is 0 Å². The minimum absolute atomic E-state index is 0.000837. The molecule has 0 atom stereocenters. The van der Waals surface area contributed by atoms with Gasteiger partial charge >= 0.3 is 0 Å². The van der Waals surface area contributed by atoms with Gasteiger partial charge in [0.2, 0.25) is 0 Å². The number of aryl methyl sites for hydroxylation is 2. The summed E-state index contributed by atoms with van der Waals surface area (Å²) in [5.74, 6) is 0.197. The molecule has 0 radical (unpaired) electrons. The zero-order chi connectivity index (χ0) is 28.9. The molecule has 0 bridgehead atoms. The number of hydrogen-bond donors (Lipinski definition) is 1. The molecule has 0 spiro atoms. The lowest BCUT2D eigenvalue weighted by Crippen LogP contribution is -2.39. The fraction of sp³-hybridized carbons (Fsp3) is 0.200. The van der Waals surface area contributed by atoms with Crippen LogP contribution in [0.1, 0.15) is 22.5 Å². The quantitative estimate of drug-likeness (QED) is 0.223. The molecule has 0 fully saturated rings. The van der Waals surface area contributed by atoms with Crippen molar-refractivity contribution in [3.05, 3.63) is 101 Å². The first-order valence-electron chi connectivity index (χ1n) is 12.5. The van der Waals surface area contributed by atoms with Gasteiger partial charge in [-0.25, -0.2) is 13.8 Å². The van der Waals surface area contributed by atoms with Crippen LogP contribution in [0.25, 0.3) is 5.69 Å². The average Bonchev–Trinajstić information content (AvgIpc) is 3.23. The minimum Gasteiger partial charge on any atom is -0.497 e. The van der Waals surface area contributed by atoms with Gasteiger partial charge < -0.3 is 14.0 Å². The van der Waals surface area contributed by atoms with Crippen molar-refractivity contribution in [2.45, 2.75) is 25.7 Å². The summed E-state index contributed by atoms with van der Waals surface area (Å²) in [6.07, 6.45) is 1.55. The zero-order valence-corrected chi connectivity index (χ0v) is 23.9. The standard InChI is InChI=1S/C30H32N4O5S/c1-21-9-8-10-25(17-21)34-22(2)18-24(23(34)3)19-31-32-30(35)20-33(28-11-6-7-12-29(28)39-5)40(36,37)27-15-13-26(38-4)14-16-27/h6-19H,20H2,1-5H3,(H,32,35)/b31-19-. The molecule has 0 saturated heterocycles. The number of hydrogen-bond acceptors (Lipinski definition) is 6. The van der Waals surface area contributed by atoms with Crippen LogP contribution in [0.4, 0.5) is 5.69 Å². The van der Waals surface area contributed by atoms with Crippen molar-refractivity contribution in [1.82, 2.24) is 9.99 Å². The average molecular weight is 561 g/mol. The first-order chi connectivity index (χ1) is 19.1. The summed E-state index contributed by atoms with van der Waals surface area (Å²) in [5, 5.41) is 4.13. The van der Waals surface area contributed by atoms with Crippen LogP contribution in [-0.4, -0.2) is 45.9 Å². The predicted molar refractivity (Wildman–Crippen MR) is 156 cm³/mol. The fourth-order valence-electron chi connectivity index (χ4n) is 4.43. The third kappa shape index (κ3) is 6.02. The van der Waals surface area contributed by atoms with Crippen LogP contribution < -0.4 is 19.2 Å². The van der Waals surface area contributed by atoms with Crippen molar-refractivity contribution in [3.8, 4) is 17.2 Å². The minimum atomic E-state index is -4.15. The highest BCUT2D eigenvalue weighted by Crippen LogP contribution is 2.32. The number of carbonyl (C=O) groups excluding carboxylic acids is 1. The number of amides is 1. The van der Waals surface area contributed by atoms with E-state index in [4.69, 9.17) is 9.47 Å². The molecule has 4 rings (SSSR count). The number of hydrazone groups is 1. The number of ether oxygens (including phenoxy) is 2. The Morgan fingerprint density at radius 2 is 1.68 bits per heavy atom. The Balaban J connectivity index is 1.58. The number of nitrogens with one attached hydrogen (secondary N) is 1. The summed E-state index contributed by atoms with van der Waals surface area (Å²) in [5.41, 5.74) is 7.68. The molecule has 0 aliphatic rings. The summed E-state index contributed by atoms with van der Waals surface area (Å²) in [4.78, 5) is 13.0. The Bertz CT molecular complexity index is 1640. The Kier molecular flexibility index (Phi) is 8.59. The van der Waals surface area contributed by atoms with Crippen LogP contribution >= 0.6 is 0 Å². The van der Waals surface area contributed by atoms with E-state index < -0.39 is 22.5 Å². The van der Waals surface area contributed by atoms with Gasteiger partial charge in [0, 0.05) is 22.6 Å². The Morgan fingerprint density at radius 1 is 0.950 bits per heavy atom. The Labute approximate surface area is 234 Å². The van der Waals surface area contributed by atoms with E-state index in [0.717, 1.165) is 32.5 Å². The van der Waals surface area contributed by atoms with E-state index in [2.05, 4.69) is 21.2 Å². The number of methoxy groups -OCH3 is 2. The number of benzene rings is 3. The molecule has 1 N–H and O–H groups in total. The van der Waals surface area contributed by atoms with E-state index in [-0.39, 0.29) is 10.6 Å². The van der Waals surface area contributed by atoms with Gasteiger partial charge in [0.1, 0.15) is 18.0 Å². The van der Waals surface area contributed by atoms with E-state index in [1.165, 1.54) is 26.4 Å². The number of nitrogens with zero attached hydrogens (tertiary/aromatic N) is 3. The first kappa shape index (κ1) is 28.4. The SMILES string of the molecule is COc1ccc(S(=O)(=O)N(CC(=O)N/N=C\c2cc(C)n(-c3cccc(C)c3)c2C)c2ccccc2OC)cc1. The molecule has 3 aromatic carbocycles. The van der Waals surface area contributed by atoms with Gasteiger partial charge in [0.15, 0.2) is 0 Å². The van der Waals surface area contributed by atoms with Gasteiger partial charge in [-0.2, -0.15) is 5.10 Å². The summed E-state index contributed by atoms with van der Waals surface area (Å²) < 4.78 is 41.0. The number of aromatic nitrogens is 1. The van der Waals surface area contributed by atoms with Crippen molar-refractivity contribution < 1.29 is 22.7 Å². The molecule has 9 nitrogen and oxygen atoms in total. The second-order valence-electron chi connectivity index (χ2n) is 9.15. The highest BCUT2D eigenvalue weighted by atomic mass is 32.2. The third-order valence-electron chi connectivity index (χ3n) is 6.41. The lowest BCUT2D eigenvalue weighted by molar-refractivity contribution is -0.119. The highest BCUT2D eigenvalue weighted by Gasteiger charge is 2.29. The topological polar surface area (TPSA) is 102 Å². The predicted octanol–water partition coefficient (Wildman–Crippen LogP) is 4.77. The lowest BCUT2D eigenvalue weighted by Gasteiger charge is -2.25. The van der Waals surface area contributed by atoms with E-state index in [1.807, 2.05) is 45.0 Å². The van der Waals surface area contributed by atoms with Crippen molar-refractivity contribution in [3.63, 3.8) is 0 Å². The van der Waals surface area contributed by atoms with Crippen molar-refractivity contribution >= 4 is 27.8 Å². The maximum absolute atomic E-state index is 13.7. The van der Waals surface area contributed by atoms with Gasteiger partial charge in [0.05, 0.1) is 31.0 Å². The van der Waals surface area contributed by atoms with E-state index in [9.17, 15) is 13.2 Å². The molecule has 0 saturated carbocycles. The molecular weight excluding hydrogens is 528 g/mol. The van der Waals surface area contributed by atoms with E-state index >= 15 is 0 Å². The van der Waals surface area contributed by atoms with Gasteiger partial charge in [-0.1, -0.05) is 24.3 Å². The van der Waals surface area contributed by atoms with Crippen LogP contribution in [-0.2, 0) is 14.8 Å². The molecule has 1 heterocycles. The highest BCUT2D eigenvalue weighted by molar-refractivity contribution is 7.92. The van der Waals surface area contributed by atoms with Gasteiger partial charge in [-0.15, -0.1) is 0 Å². The molecule has 4 aromatic rings. The summed E-state index contributed by atoms with van der Waals surface area (Å²) >= 11 is 0. The second-order valence-corrected chi connectivity index (χ2v) is 11.0. The van der Waals surface area contributed by atoms with Crippen LogP contribution in [0.3, 0.4) is 0 Å². The third-order valence-corrected chi connectivity index (χ3v) is 8.19. The Morgan fingerprint density at radius 3 is 2.35 bits per heavy atom. The van der Waals surface area contributed by atoms with Crippen molar-refractivity contribution in [2.75, 3.05) is 25.1 Å². The van der Waals surface area contributed by atoms with E-state index in [0.29, 0.717) is 11.5 Å². The van der Waals surface area contributed by atoms with Crippen LogP contribution in [0.5, 0.6) is 11.5 Å². The fourth-order valence-corrected chi connectivity index (χ4v) is 5.86. The maximum Gasteiger partial charge on any atom is 0.264 e. The summed E-state index contributed by atoms with van der Waals surface area (Å²) in [6.45, 7) is 5.50. The number of para-hydroxylation sites is 2. The molecule has 1 aromatic heterocycles. The normalized spacial score (nSPS) is 11.4. The number of sulfonamides is 1. The first-order valence-corrected chi connectivity index (χ1v) is 14.0. The lowest BCUT2D eigenvalue weighted by atomic mass is 10.2. The molecule has 40 heavy (non-hydrogen) atoms. The molecule has 0 aliphatic carbocycles. The second kappa shape index (κ2) is 12.1. The molecule has 0 unspecified atom stereocenters. The van der Waals surface area contributed by atoms with Gasteiger partial charge in [-0.05, 0) is 80.9 Å². The number of anilines is 1. The number of carbonyl (C=O) groups is 1. The van der Waals surface area contributed by atoms with Crippen molar-refractivity contribution in [2.24, 2.45) is 5.10 Å². The Hall–Kier alpha value is -4.57. The maximum atomic E-state index is 13.7. The molecular formula is C30H32N4O5S. The molecule has 10 heteroatoms. The van der Waals surface area contributed by atoms with Crippen molar-refractivity contribution in [1.29, 1.82) is 0 Å². The number of rotatable bonds is 10. The summed E-state index contributed by atoms with van der Waals surface area (Å²) in [6, 6.07) is 22.7. The van der Waals surface area contributed by atoms with Gasteiger partial charge in [-0.3, -0.25) is 9.10 Å². The van der Waals surface area contributed by atoms with Crippen LogP contribution in [0, 0.1) is 20.8 Å². The summed E-state index contributed by atoms with van der Waals surface area (Å²) in [7, 11) is -1.21.